The molecule has 1 aromatic heterocycles. The topological polar surface area (TPSA) is 49.3 Å². The molecule has 0 aliphatic carbocycles. The van der Waals surface area contributed by atoms with Crippen LogP contribution in [0.2, 0.25) is 0 Å². The van der Waals surface area contributed by atoms with Gasteiger partial charge in [0.1, 0.15) is 0 Å². The first-order valence-electron chi connectivity index (χ1n) is 12.1. The highest BCUT2D eigenvalue weighted by atomic mass is 16.2. The zero-order valence-corrected chi connectivity index (χ0v) is 20.3. The Balaban J connectivity index is 1.28. The van der Waals surface area contributed by atoms with Gasteiger partial charge in [0.25, 0.3) is 0 Å². The van der Waals surface area contributed by atoms with Gasteiger partial charge in [-0.15, -0.1) is 10.2 Å². The van der Waals surface area contributed by atoms with Crippen molar-refractivity contribution in [3.8, 4) is 11.3 Å². The summed E-state index contributed by atoms with van der Waals surface area (Å²) in [5, 5.41) is 9.02. The van der Waals surface area contributed by atoms with Crippen molar-refractivity contribution in [1.29, 1.82) is 0 Å². The maximum absolute atomic E-state index is 13.7. The van der Waals surface area contributed by atoms with Crippen LogP contribution in [0.5, 0.6) is 0 Å². The third-order valence-corrected chi connectivity index (χ3v) is 6.74. The van der Waals surface area contributed by atoms with E-state index in [9.17, 15) is 4.79 Å². The van der Waals surface area contributed by atoms with E-state index in [-0.39, 0.29) is 11.8 Å². The summed E-state index contributed by atoms with van der Waals surface area (Å²) in [6.45, 7) is 6.99. The van der Waals surface area contributed by atoms with Crippen molar-refractivity contribution in [2.45, 2.75) is 19.8 Å². The lowest BCUT2D eigenvalue weighted by Crippen LogP contribution is -2.50. The van der Waals surface area contributed by atoms with Crippen LogP contribution in [-0.2, 0) is 4.79 Å². The molecule has 5 heteroatoms. The minimum Gasteiger partial charge on any atom is -0.352 e. The number of aryl methyl sites for hydroxylation is 2. The second-order valence-electron chi connectivity index (χ2n) is 9.16. The molecule has 5 rings (SSSR count). The summed E-state index contributed by atoms with van der Waals surface area (Å²) in [5.41, 5.74) is 6.49. The Morgan fingerprint density at radius 3 is 1.91 bits per heavy atom. The zero-order valence-electron chi connectivity index (χ0n) is 20.3. The lowest BCUT2D eigenvalue weighted by Gasteiger charge is -2.37. The quantitative estimate of drug-likeness (QED) is 0.407. The smallest absolute Gasteiger partial charge is 0.234 e. The fraction of sp³-hybridized carbons (Fsp3) is 0.233. The molecule has 0 radical (unpaired) electrons. The van der Waals surface area contributed by atoms with E-state index in [2.05, 4.69) is 47.1 Å². The minimum atomic E-state index is -0.291. The summed E-state index contributed by atoms with van der Waals surface area (Å²) in [7, 11) is 0. The molecule has 0 spiro atoms. The third-order valence-electron chi connectivity index (χ3n) is 6.74. The van der Waals surface area contributed by atoms with Crippen LogP contribution in [-0.4, -0.2) is 47.2 Å². The molecule has 0 saturated carbocycles. The Morgan fingerprint density at radius 1 is 0.743 bits per heavy atom. The maximum Gasteiger partial charge on any atom is 0.234 e. The van der Waals surface area contributed by atoms with Gasteiger partial charge in [-0.25, -0.2) is 0 Å². The maximum atomic E-state index is 13.7. The Labute approximate surface area is 207 Å². The number of rotatable bonds is 5. The number of nitrogens with zero attached hydrogens (tertiary/aromatic N) is 4. The van der Waals surface area contributed by atoms with Gasteiger partial charge < -0.3 is 9.80 Å². The van der Waals surface area contributed by atoms with E-state index in [0.29, 0.717) is 13.1 Å². The van der Waals surface area contributed by atoms with Crippen LogP contribution < -0.4 is 4.90 Å². The van der Waals surface area contributed by atoms with Crippen LogP contribution in [0, 0.1) is 13.8 Å². The van der Waals surface area contributed by atoms with E-state index >= 15 is 0 Å². The number of carbonyl (C=O) groups is 1. The second kappa shape index (κ2) is 10.1. The Kier molecular flexibility index (Phi) is 6.57. The highest BCUT2D eigenvalue weighted by Crippen LogP contribution is 2.28. The van der Waals surface area contributed by atoms with E-state index in [4.69, 9.17) is 0 Å². The molecule has 176 valence electrons. The molecular weight excluding hydrogens is 432 g/mol. The normalized spacial score (nSPS) is 13.8. The SMILES string of the molecule is Cc1ccc(-c2ccc(N3CCN(C(=O)C(c4ccccc4)c4ccccc4)CC3)nn2)c(C)c1. The second-order valence-corrected chi connectivity index (χ2v) is 9.16. The summed E-state index contributed by atoms with van der Waals surface area (Å²) in [5.74, 6) is 0.715. The third kappa shape index (κ3) is 4.94. The van der Waals surface area contributed by atoms with E-state index in [1.54, 1.807) is 0 Å². The van der Waals surface area contributed by atoms with Crippen LogP contribution in [0.4, 0.5) is 5.82 Å². The van der Waals surface area contributed by atoms with Crippen LogP contribution in [0.3, 0.4) is 0 Å². The first-order chi connectivity index (χ1) is 17.1. The molecule has 0 atom stereocenters. The number of benzene rings is 3. The van der Waals surface area contributed by atoms with Crippen molar-refractivity contribution < 1.29 is 4.79 Å². The van der Waals surface area contributed by atoms with E-state index in [1.165, 1.54) is 11.1 Å². The van der Waals surface area contributed by atoms with Crippen molar-refractivity contribution >= 4 is 11.7 Å². The molecule has 2 heterocycles. The Bertz CT molecular complexity index is 1240. The average Bonchev–Trinajstić information content (AvgIpc) is 2.90. The highest BCUT2D eigenvalue weighted by Gasteiger charge is 2.30. The van der Waals surface area contributed by atoms with Gasteiger partial charge in [0.05, 0.1) is 11.6 Å². The molecule has 35 heavy (non-hydrogen) atoms. The van der Waals surface area contributed by atoms with Crippen molar-refractivity contribution in [3.05, 3.63) is 113 Å². The number of piperazine rings is 1. The molecule has 5 nitrogen and oxygen atoms in total. The number of amides is 1. The lowest BCUT2D eigenvalue weighted by atomic mass is 9.90. The Morgan fingerprint density at radius 2 is 1.37 bits per heavy atom. The van der Waals surface area contributed by atoms with Gasteiger partial charge in [-0.3, -0.25) is 4.79 Å². The van der Waals surface area contributed by atoms with Crippen LogP contribution in [0.15, 0.2) is 91.0 Å². The van der Waals surface area contributed by atoms with Gasteiger partial charge >= 0.3 is 0 Å². The van der Waals surface area contributed by atoms with Crippen molar-refractivity contribution in [1.82, 2.24) is 15.1 Å². The zero-order chi connectivity index (χ0) is 24.2. The molecule has 1 aliphatic heterocycles. The van der Waals surface area contributed by atoms with Gasteiger partial charge in [-0.1, -0.05) is 84.4 Å². The Hall–Kier alpha value is -3.99. The number of anilines is 1. The van der Waals surface area contributed by atoms with E-state index in [0.717, 1.165) is 41.3 Å². The molecule has 1 fully saturated rings. The number of hydrogen-bond donors (Lipinski definition) is 0. The summed E-state index contributed by atoms with van der Waals surface area (Å²) in [6, 6.07) is 30.6. The molecule has 3 aromatic carbocycles. The van der Waals surface area contributed by atoms with Gasteiger partial charge in [-0.2, -0.15) is 0 Å². The van der Waals surface area contributed by atoms with Crippen molar-refractivity contribution in [3.63, 3.8) is 0 Å². The summed E-state index contributed by atoms with van der Waals surface area (Å²) in [4.78, 5) is 17.9. The fourth-order valence-electron chi connectivity index (χ4n) is 4.85. The van der Waals surface area contributed by atoms with Gasteiger partial charge in [0.2, 0.25) is 5.91 Å². The molecule has 0 N–H and O–H groups in total. The molecule has 0 unspecified atom stereocenters. The largest absolute Gasteiger partial charge is 0.352 e. The predicted octanol–water partition coefficient (Wildman–Crippen LogP) is 5.24. The molecule has 4 aromatic rings. The standard InChI is InChI=1S/C30H30N4O/c1-22-13-14-26(23(2)21-22)27-15-16-28(32-31-27)33-17-19-34(20-18-33)30(35)29(24-9-5-3-6-10-24)25-11-7-4-8-12-25/h3-16,21,29H,17-20H2,1-2H3. The molecular formula is C30H30N4O. The molecule has 1 saturated heterocycles. The summed E-state index contributed by atoms with van der Waals surface area (Å²) >= 11 is 0. The van der Waals surface area contributed by atoms with Gasteiger partial charge in [-0.05, 0) is 42.7 Å². The fourth-order valence-corrected chi connectivity index (χ4v) is 4.85. The highest BCUT2D eigenvalue weighted by molar-refractivity contribution is 5.87. The first kappa shape index (κ1) is 22.8. The number of hydrogen-bond acceptors (Lipinski definition) is 4. The van der Waals surface area contributed by atoms with Crippen molar-refractivity contribution in [2.75, 3.05) is 31.1 Å². The monoisotopic (exact) mass is 462 g/mol. The lowest BCUT2D eigenvalue weighted by molar-refractivity contribution is -0.132. The van der Waals surface area contributed by atoms with Crippen molar-refractivity contribution in [2.24, 2.45) is 0 Å². The van der Waals surface area contributed by atoms with E-state index in [1.807, 2.05) is 77.7 Å². The molecule has 1 aliphatic rings. The first-order valence-corrected chi connectivity index (χ1v) is 12.1. The number of carbonyl (C=O) groups excluding carboxylic acids is 1. The summed E-state index contributed by atoms with van der Waals surface area (Å²) < 4.78 is 0. The molecule has 0 bridgehead atoms. The average molecular weight is 463 g/mol. The van der Waals surface area contributed by atoms with Crippen LogP contribution >= 0.6 is 0 Å². The van der Waals surface area contributed by atoms with Gasteiger partial charge in [0.15, 0.2) is 5.82 Å². The van der Waals surface area contributed by atoms with Crippen LogP contribution in [0.25, 0.3) is 11.3 Å². The van der Waals surface area contributed by atoms with E-state index < -0.39 is 0 Å². The minimum absolute atomic E-state index is 0.151. The van der Waals surface area contributed by atoms with Gasteiger partial charge in [0, 0.05) is 31.7 Å². The summed E-state index contributed by atoms with van der Waals surface area (Å²) in [6.07, 6.45) is 0. The predicted molar refractivity (Wildman–Crippen MR) is 140 cm³/mol. The number of aromatic nitrogens is 2. The molecule has 1 amide bonds. The van der Waals surface area contributed by atoms with Crippen LogP contribution in [0.1, 0.15) is 28.2 Å².